The van der Waals surface area contributed by atoms with Crippen molar-refractivity contribution in [2.24, 2.45) is 0 Å². The molecule has 0 aliphatic heterocycles. The van der Waals surface area contributed by atoms with Crippen LogP contribution in [0.5, 0.6) is 11.5 Å². The maximum atomic E-state index is 11.4. The number of benzene rings is 2. The molecule has 0 atom stereocenters. The quantitative estimate of drug-likeness (QED) is 0.662. The Labute approximate surface area is 116 Å². The lowest BCUT2D eigenvalue weighted by Gasteiger charge is -2.06. The molecule has 20 heavy (non-hydrogen) atoms. The Bertz CT molecular complexity index is 659. The molecule has 0 aromatic heterocycles. The van der Waals surface area contributed by atoms with Crippen LogP contribution in [-0.2, 0) is 4.79 Å². The van der Waals surface area contributed by atoms with Gasteiger partial charge in [0.05, 0.1) is 12.7 Å². The first kappa shape index (κ1) is 13.7. The topological polar surface area (TPSA) is 66.8 Å². The van der Waals surface area contributed by atoms with Crippen LogP contribution in [0, 0.1) is 0 Å². The number of phenols is 1. The summed E-state index contributed by atoms with van der Waals surface area (Å²) in [5.41, 5.74) is 1.05. The molecular formula is C16H14O4. The Morgan fingerprint density at radius 1 is 1.15 bits per heavy atom. The number of aliphatic carboxylic acids is 1. The van der Waals surface area contributed by atoms with Crippen molar-refractivity contribution < 1.29 is 19.7 Å². The van der Waals surface area contributed by atoms with Crippen LogP contribution in [0.2, 0.25) is 0 Å². The van der Waals surface area contributed by atoms with Crippen LogP contribution in [0.25, 0.3) is 11.6 Å². The Morgan fingerprint density at radius 3 is 2.55 bits per heavy atom. The first-order valence-electron chi connectivity index (χ1n) is 5.99. The molecule has 0 unspecified atom stereocenters. The second-order valence-electron chi connectivity index (χ2n) is 4.15. The number of ether oxygens (including phenoxy) is 1. The van der Waals surface area contributed by atoms with Crippen molar-refractivity contribution in [3.05, 3.63) is 59.7 Å². The maximum absolute atomic E-state index is 11.4. The van der Waals surface area contributed by atoms with E-state index in [0.29, 0.717) is 16.9 Å². The summed E-state index contributed by atoms with van der Waals surface area (Å²) < 4.78 is 5.09. The lowest BCUT2D eigenvalue weighted by molar-refractivity contribution is -0.130. The summed E-state index contributed by atoms with van der Waals surface area (Å²) in [6.45, 7) is 0. The number of para-hydroxylation sites is 1. The number of rotatable bonds is 4. The number of carbonyl (C=O) groups is 1. The lowest BCUT2D eigenvalue weighted by Crippen LogP contribution is -2.00. The summed E-state index contributed by atoms with van der Waals surface area (Å²) in [6, 6.07) is 13.4. The van der Waals surface area contributed by atoms with E-state index in [4.69, 9.17) is 4.74 Å². The third kappa shape index (κ3) is 2.98. The molecular weight excluding hydrogens is 256 g/mol. The van der Waals surface area contributed by atoms with E-state index in [9.17, 15) is 15.0 Å². The molecule has 2 N–H and O–H groups in total. The first-order valence-corrected chi connectivity index (χ1v) is 5.99. The standard InChI is InChI=1S/C16H14O4/c1-20-13-7-4-6-11(9-13)14(16(18)19)10-12-5-2-3-8-15(12)17/h2-10,17H,1H3,(H,18,19)/b14-10-. The summed E-state index contributed by atoms with van der Waals surface area (Å²) in [5.74, 6) is -0.456. The van der Waals surface area contributed by atoms with Gasteiger partial charge in [-0.1, -0.05) is 30.3 Å². The molecule has 2 rings (SSSR count). The zero-order chi connectivity index (χ0) is 14.5. The van der Waals surface area contributed by atoms with Gasteiger partial charge in [0.15, 0.2) is 0 Å². The van der Waals surface area contributed by atoms with Crippen molar-refractivity contribution in [3.63, 3.8) is 0 Å². The van der Waals surface area contributed by atoms with Crippen molar-refractivity contribution in [1.82, 2.24) is 0 Å². The second-order valence-corrected chi connectivity index (χ2v) is 4.15. The number of aromatic hydroxyl groups is 1. The van der Waals surface area contributed by atoms with Gasteiger partial charge in [-0.2, -0.15) is 0 Å². The molecule has 4 heteroatoms. The van der Waals surface area contributed by atoms with Gasteiger partial charge in [0, 0.05) is 5.56 Å². The van der Waals surface area contributed by atoms with Crippen molar-refractivity contribution >= 4 is 17.6 Å². The molecule has 102 valence electrons. The van der Waals surface area contributed by atoms with Gasteiger partial charge in [0.2, 0.25) is 0 Å². The number of phenolic OH excluding ortho intramolecular Hbond substituents is 1. The van der Waals surface area contributed by atoms with Crippen molar-refractivity contribution in [2.45, 2.75) is 0 Å². The van der Waals surface area contributed by atoms with Crippen molar-refractivity contribution in [3.8, 4) is 11.5 Å². The van der Waals surface area contributed by atoms with Gasteiger partial charge >= 0.3 is 5.97 Å². The van der Waals surface area contributed by atoms with Crippen molar-refractivity contribution in [2.75, 3.05) is 7.11 Å². The average molecular weight is 270 g/mol. The highest BCUT2D eigenvalue weighted by atomic mass is 16.5. The number of hydrogen-bond acceptors (Lipinski definition) is 3. The van der Waals surface area contributed by atoms with Crippen LogP contribution in [0.3, 0.4) is 0 Å². The summed E-state index contributed by atoms with van der Waals surface area (Å²) in [4.78, 5) is 11.4. The summed E-state index contributed by atoms with van der Waals surface area (Å²) in [6.07, 6.45) is 1.44. The number of carboxylic acid groups (broad SMARTS) is 1. The highest BCUT2D eigenvalue weighted by Crippen LogP contribution is 2.26. The van der Waals surface area contributed by atoms with Gasteiger partial charge in [0.25, 0.3) is 0 Å². The Hall–Kier alpha value is -2.75. The van der Waals surface area contributed by atoms with Crippen LogP contribution >= 0.6 is 0 Å². The fourth-order valence-electron chi connectivity index (χ4n) is 1.82. The Morgan fingerprint density at radius 2 is 1.90 bits per heavy atom. The monoisotopic (exact) mass is 270 g/mol. The minimum absolute atomic E-state index is 0.0362. The number of methoxy groups -OCH3 is 1. The van der Waals surface area contributed by atoms with Gasteiger partial charge in [-0.3, -0.25) is 0 Å². The van der Waals surface area contributed by atoms with Crippen LogP contribution in [0.1, 0.15) is 11.1 Å². The van der Waals surface area contributed by atoms with Crippen LogP contribution in [-0.4, -0.2) is 23.3 Å². The van der Waals surface area contributed by atoms with E-state index < -0.39 is 5.97 Å². The van der Waals surface area contributed by atoms with Gasteiger partial charge in [-0.05, 0) is 29.8 Å². The summed E-state index contributed by atoms with van der Waals surface area (Å²) >= 11 is 0. The van der Waals surface area contributed by atoms with Gasteiger partial charge in [-0.15, -0.1) is 0 Å². The minimum Gasteiger partial charge on any atom is -0.507 e. The van der Waals surface area contributed by atoms with E-state index in [1.165, 1.54) is 19.3 Å². The fraction of sp³-hybridized carbons (Fsp3) is 0.0625. The van der Waals surface area contributed by atoms with Gasteiger partial charge in [-0.25, -0.2) is 4.79 Å². The molecule has 0 aliphatic carbocycles. The second kappa shape index (κ2) is 5.93. The van der Waals surface area contributed by atoms with Crippen LogP contribution in [0.4, 0.5) is 0 Å². The van der Waals surface area contributed by atoms with E-state index in [-0.39, 0.29) is 11.3 Å². The highest BCUT2D eigenvalue weighted by molar-refractivity contribution is 6.20. The van der Waals surface area contributed by atoms with E-state index in [1.54, 1.807) is 42.5 Å². The predicted octanol–water partition coefficient (Wildman–Crippen LogP) is 3.03. The smallest absolute Gasteiger partial charge is 0.336 e. The van der Waals surface area contributed by atoms with Crippen molar-refractivity contribution in [1.29, 1.82) is 0 Å². The Balaban J connectivity index is 2.51. The first-order chi connectivity index (χ1) is 9.61. The molecule has 0 aliphatic rings. The predicted molar refractivity (Wildman–Crippen MR) is 76.6 cm³/mol. The van der Waals surface area contributed by atoms with Gasteiger partial charge < -0.3 is 14.9 Å². The van der Waals surface area contributed by atoms with Crippen LogP contribution < -0.4 is 4.74 Å². The fourth-order valence-corrected chi connectivity index (χ4v) is 1.82. The highest BCUT2D eigenvalue weighted by Gasteiger charge is 2.12. The molecule has 0 fully saturated rings. The lowest BCUT2D eigenvalue weighted by atomic mass is 10.0. The van der Waals surface area contributed by atoms with E-state index in [0.717, 1.165) is 0 Å². The zero-order valence-corrected chi connectivity index (χ0v) is 10.9. The molecule has 0 spiro atoms. The molecule has 0 bridgehead atoms. The molecule has 2 aromatic carbocycles. The largest absolute Gasteiger partial charge is 0.507 e. The van der Waals surface area contributed by atoms with E-state index in [2.05, 4.69) is 0 Å². The normalized spacial score (nSPS) is 11.2. The molecule has 0 saturated carbocycles. The summed E-state index contributed by atoms with van der Waals surface area (Å²) in [7, 11) is 1.52. The molecule has 0 amide bonds. The average Bonchev–Trinajstić information content (AvgIpc) is 2.46. The maximum Gasteiger partial charge on any atom is 0.336 e. The third-order valence-corrected chi connectivity index (χ3v) is 2.85. The Kier molecular flexibility index (Phi) is 4.05. The molecule has 2 aromatic rings. The third-order valence-electron chi connectivity index (χ3n) is 2.85. The molecule has 0 saturated heterocycles. The van der Waals surface area contributed by atoms with Gasteiger partial charge in [0.1, 0.15) is 11.5 Å². The molecule has 0 radical (unpaired) electrons. The number of hydrogen-bond donors (Lipinski definition) is 2. The van der Waals surface area contributed by atoms with E-state index >= 15 is 0 Å². The summed E-state index contributed by atoms with van der Waals surface area (Å²) in [5, 5.41) is 19.1. The zero-order valence-electron chi connectivity index (χ0n) is 10.9. The van der Waals surface area contributed by atoms with E-state index in [1.807, 2.05) is 0 Å². The minimum atomic E-state index is -1.07. The SMILES string of the molecule is COc1cccc(/C(=C/c2ccccc2O)C(=O)O)c1. The number of carboxylic acids is 1. The molecule has 4 nitrogen and oxygen atoms in total. The molecule has 0 heterocycles. The van der Waals surface area contributed by atoms with Crippen LogP contribution in [0.15, 0.2) is 48.5 Å².